The lowest BCUT2D eigenvalue weighted by molar-refractivity contribution is -0.384. The highest BCUT2D eigenvalue weighted by Gasteiger charge is 2.31. The van der Waals surface area contributed by atoms with Crippen molar-refractivity contribution in [1.82, 2.24) is 0 Å². The van der Waals surface area contributed by atoms with Gasteiger partial charge in [-0.15, -0.1) is 0 Å². The molecule has 1 N–H and O–H groups in total. The maximum atomic E-state index is 10.9. The Hall–Kier alpha value is -1.62. The Balaban J connectivity index is 2.52. The van der Waals surface area contributed by atoms with Crippen LogP contribution < -0.4 is 0 Å². The minimum atomic E-state index is -0.913. The van der Waals surface area contributed by atoms with Crippen LogP contribution in [-0.2, 0) is 11.2 Å². The third kappa shape index (κ3) is 1.63. The molecule has 0 amide bonds. The number of benzene rings is 1. The van der Waals surface area contributed by atoms with Crippen molar-refractivity contribution in [1.29, 1.82) is 0 Å². The Labute approximate surface area is 95.8 Å². The van der Waals surface area contributed by atoms with E-state index in [1.807, 2.05) is 0 Å². The third-order valence-electron chi connectivity index (χ3n) is 2.78. The lowest BCUT2D eigenvalue weighted by atomic mass is 10.0. The molecule has 0 bridgehead atoms. The van der Waals surface area contributed by atoms with Gasteiger partial charge in [0.2, 0.25) is 0 Å². The summed E-state index contributed by atoms with van der Waals surface area (Å²) in [4.78, 5) is 21.0. The number of carbonyl (C=O) groups is 1. The van der Waals surface area contributed by atoms with Crippen molar-refractivity contribution in [3.63, 3.8) is 0 Å². The van der Waals surface area contributed by atoms with Crippen LogP contribution >= 0.6 is 11.6 Å². The number of fused-ring (bicyclic) bond motifs is 1. The monoisotopic (exact) mass is 241 g/mol. The molecule has 0 fully saturated rings. The number of nitrogens with zero attached hydrogens (tertiary/aromatic N) is 1. The van der Waals surface area contributed by atoms with E-state index < -0.39 is 16.8 Å². The second kappa shape index (κ2) is 3.75. The van der Waals surface area contributed by atoms with Gasteiger partial charge in [-0.2, -0.15) is 0 Å². The topological polar surface area (TPSA) is 80.4 Å². The fourth-order valence-corrected chi connectivity index (χ4v) is 2.25. The molecule has 6 heteroatoms. The van der Waals surface area contributed by atoms with Crippen LogP contribution in [0.2, 0.25) is 5.02 Å². The molecule has 2 rings (SSSR count). The Morgan fingerprint density at radius 2 is 2.25 bits per heavy atom. The number of aliphatic carboxylic acids is 1. The number of aryl methyl sites for hydroxylation is 1. The van der Waals surface area contributed by atoms with Crippen LogP contribution in [0.5, 0.6) is 0 Å². The van der Waals surface area contributed by atoms with E-state index in [4.69, 9.17) is 16.7 Å². The summed E-state index contributed by atoms with van der Waals surface area (Å²) in [6.07, 6.45) is 1.02. The minimum Gasteiger partial charge on any atom is -0.481 e. The van der Waals surface area contributed by atoms with Gasteiger partial charge in [-0.05, 0) is 30.0 Å². The molecule has 16 heavy (non-hydrogen) atoms. The van der Waals surface area contributed by atoms with Gasteiger partial charge in [-0.25, -0.2) is 0 Å². The van der Waals surface area contributed by atoms with Crippen LogP contribution in [0, 0.1) is 10.1 Å². The van der Waals surface area contributed by atoms with Crippen molar-refractivity contribution in [2.75, 3.05) is 0 Å². The molecule has 1 atom stereocenters. The predicted molar refractivity (Wildman–Crippen MR) is 56.8 cm³/mol. The van der Waals surface area contributed by atoms with Crippen molar-refractivity contribution < 1.29 is 14.8 Å². The zero-order valence-corrected chi connectivity index (χ0v) is 8.90. The lowest BCUT2D eigenvalue weighted by Crippen LogP contribution is -2.07. The highest BCUT2D eigenvalue weighted by molar-refractivity contribution is 6.32. The number of halogens is 1. The van der Waals surface area contributed by atoms with Crippen molar-refractivity contribution in [2.45, 2.75) is 18.8 Å². The number of nitro groups is 1. The number of nitro benzene ring substituents is 1. The quantitative estimate of drug-likeness (QED) is 0.637. The molecule has 0 aliphatic heterocycles. The highest BCUT2D eigenvalue weighted by Crippen LogP contribution is 2.38. The molecule has 1 unspecified atom stereocenters. The Kier molecular flexibility index (Phi) is 2.55. The van der Waals surface area contributed by atoms with Crippen LogP contribution in [0.3, 0.4) is 0 Å². The van der Waals surface area contributed by atoms with E-state index in [-0.39, 0.29) is 10.7 Å². The van der Waals surface area contributed by atoms with Gasteiger partial charge in [-0.1, -0.05) is 11.6 Å². The first-order chi connectivity index (χ1) is 7.50. The van der Waals surface area contributed by atoms with Gasteiger partial charge in [0.05, 0.1) is 10.8 Å². The molecular weight excluding hydrogens is 234 g/mol. The summed E-state index contributed by atoms with van der Waals surface area (Å²) < 4.78 is 0. The van der Waals surface area contributed by atoms with E-state index in [1.165, 1.54) is 12.1 Å². The van der Waals surface area contributed by atoms with E-state index in [0.29, 0.717) is 24.0 Å². The van der Waals surface area contributed by atoms with E-state index in [0.717, 1.165) is 0 Å². The molecule has 84 valence electrons. The second-order valence-corrected chi connectivity index (χ2v) is 4.10. The van der Waals surface area contributed by atoms with E-state index in [1.54, 1.807) is 0 Å². The number of carboxylic acids is 1. The number of carboxylic acid groups (broad SMARTS) is 1. The van der Waals surface area contributed by atoms with E-state index in [9.17, 15) is 14.9 Å². The number of hydrogen-bond donors (Lipinski definition) is 1. The summed E-state index contributed by atoms with van der Waals surface area (Å²) in [6.45, 7) is 0. The van der Waals surface area contributed by atoms with Crippen LogP contribution in [-0.4, -0.2) is 16.0 Å². The normalized spacial score (nSPS) is 18.2. The zero-order chi connectivity index (χ0) is 11.9. The molecule has 0 aromatic heterocycles. The second-order valence-electron chi connectivity index (χ2n) is 3.69. The Morgan fingerprint density at radius 3 is 2.81 bits per heavy atom. The van der Waals surface area contributed by atoms with Crippen molar-refractivity contribution in [3.8, 4) is 0 Å². The fraction of sp³-hybridized carbons (Fsp3) is 0.300. The fourth-order valence-electron chi connectivity index (χ4n) is 2.01. The Bertz CT molecular complexity index is 486. The molecule has 1 aromatic rings. The summed E-state index contributed by atoms with van der Waals surface area (Å²) in [5.74, 6) is -1.50. The molecule has 0 radical (unpaired) electrons. The van der Waals surface area contributed by atoms with Gasteiger partial charge < -0.3 is 5.11 Å². The van der Waals surface area contributed by atoms with Gasteiger partial charge >= 0.3 is 5.97 Å². The Morgan fingerprint density at radius 1 is 1.56 bits per heavy atom. The van der Waals surface area contributed by atoms with Gasteiger partial charge in [0.25, 0.3) is 5.69 Å². The zero-order valence-electron chi connectivity index (χ0n) is 8.14. The molecular formula is C10H8ClNO4. The summed E-state index contributed by atoms with van der Waals surface area (Å²) in [5.41, 5.74) is 1.15. The van der Waals surface area contributed by atoms with E-state index in [2.05, 4.69) is 0 Å². The molecule has 0 spiro atoms. The first-order valence-electron chi connectivity index (χ1n) is 4.70. The van der Waals surface area contributed by atoms with Crippen molar-refractivity contribution in [3.05, 3.63) is 38.4 Å². The number of rotatable bonds is 2. The van der Waals surface area contributed by atoms with Gasteiger partial charge in [0.1, 0.15) is 5.02 Å². The van der Waals surface area contributed by atoms with Crippen LogP contribution in [0.15, 0.2) is 12.1 Å². The summed E-state index contributed by atoms with van der Waals surface area (Å²) in [7, 11) is 0. The third-order valence-corrected chi connectivity index (χ3v) is 3.08. The van der Waals surface area contributed by atoms with Crippen LogP contribution in [0.25, 0.3) is 0 Å². The first-order valence-corrected chi connectivity index (χ1v) is 5.08. The standard InChI is InChI=1S/C10H8ClNO4/c11-8-4-7-5(3-9(8)12(15)16)1-2-6(7)10(13)14/h3-4,6H,1-2H2,(H,13,14). The average molecular weight is 242 g/mol. The molecule has 0 saturated carbocycles. The summed E-state index contributed by atoms with van der Waals surface area (Å²) in [6, 6.07) is 2.78. The first kappa shape index (κ1) is 10.9. The van der Waals surface area contributed by atoms with Gasteiger partial charge in [-0.3, -0.25) is 14.9 Å². The maximum absolute atomic E-state index is 10.9. The highest BCUT2D eigenvalue weighted by atomic mass is 35.5. The van der Waals surface area contributed by atoms with Gasteiger partial charge in [0.15, 0.2) is 0 Å². The number of hydrogen-bond acceptors (Lipinski definition) is 3. The smallest absolute Gasteiger partial charge is 0.310 e. The largest absolute Gasteiger partial charge is 0.481 e. The van der Waals surface area contributed by atoms with Crippen molar-refractivity contribution >= 4 is 23.3 Å². The van der Waals surface area contributed by atoms with Gasteiger partial charge in [0, 0.05) is 6.07 Å². The predicted octanol–water partition coefficient (Wildman–Crippen LogP) is 2.36. The maximum Gasteiger partial charge on any atom is 0.310 e. The van der Waals surface area contributed by atoms with Crippen LogP contribution in [0.1, 0.15) is 23.5 Å². The summed E-state index contributed by atoms with van der Waals surface area (Å²) in [5, 5.41) is 19.6. The van der Waals surface area contributed by atoms with Crippen molar-refractivity contribution in [2.24, 2.45) is 0 Å². The average Bonchev–Trinajstić information content (AvgIpc) is 2.58. The minimum absolute atomic E-state index is 0.00287. The molecule has 1 aromatic carbocycles. The molecule has 1 aliphatic rings. The molecule has 1 aliphatic carbocycles. The SMILES string of the molecule is O=C(O)C1CCc2cc([N+](=O)[O-])c(Cl)cc21. The lowest BCUT2D eigenvalue weighted by Gasteiger charge is -2.06. The van der Waals surface area contributed by atoms with Crippen LogP contribution in [0.4, 0.5) is 5.69 Å². The molecule has 5 nitrogen and oxygen atoms in total. The van der Waals surface area contributed by atoms with E-state index >= 15 is 0 Å². The molecule has 0 heterocycles. The summed E-state index contributed by atoms with van der Waals surface area (Å²) >= 11 is 5.74. The molecule has 0 saturated heterocycles.